The number of esters is 3. The van der Waals surface area contributed by atoms with E-state index in [0.717, 1.165) is 103 Å². The number of unbranched alkanes of at least 4 members (excludes halogenated alkanes) is 32. The lowest BCUT2D eigenvalue weighted by Gasteiger charge is -2.18. The van der Waals surface area contributed by atoms with E-state index < -0.39 is 6.10 Å². The van der Waals surface area contributed by atoms with Crippen LogP contribution in [-0.4, -0.2) is 37.2 Å². The largest absolute Gasteiger partial charge is 0.462 e. The highest BCUT2D eigenvalue weighted by atomic mass is 16.6. The van der Waals surface area contributed by atoms with E-state index in [2.05, 4.69) is 69.4 Å². The summed E-state index contributed by atoms with van der Waals surface area (Å²) >= 11 is 0. The molecule has 6 nitrogen and oxygen atoms in total. The van der Waals surface area contributed by atoms with Crippen molar-refractivity contribution in [2.75, 3.05) is 13.2 Å². The first-order valence-corrected chi connectivity index (χ1v) is 28.1. The van der Waals surface area contributed by atoms with E-state index in [9.17, 15) is 14.4 Å². The van der Waals surface area contributed by atoms with Crippen LogP contribution in [0.1, 0.15) is 290 Å². The third-order valence-electron chi connectivity index (χ3n) is 12.3. The lowest BCUT2D eigenvalue weighted by atomic mass is 10.0. The van der Waals surface area contributed by atoms with Crippen LogP contribution < -0.4 is 0 Å². The lowest BCUT2D eigenvalue weighted by Crippen LogP contribution is -2.30. The maximum Gasteiger partial charge on any atom is 0.306 e. The van der Waals surface area contributed by atoms with Crippen LogP contribution in [0.25, 0.3) is 0 Å². The Balaban J connectivity index is 4.28. The van der Waals surface area contributed by atoms with E-state index in [0.29, 0.717) is 19.3 Å². The van der Waals surface area contributed by atoms with Gasteiger partial charge in [0.1, 0.15) is 13.2 Å². The molecule has 0 aliphatic carbocycles. The molecule has 378 valence electrons. The van der Waals surface area contributed by atoms with Crippen LogP contribution in [0.2, 0.25) is 0 Å². The van der Waals surface area contributed by atoms with Crippen molar-refractivity contribution in [3.63, 3.8) is 0 Å². The van der Waals surface area contributed by atoms with E-state index in [1.165, 1.54) is 148 Å². The SMILES string of the molecule is CC/C=C\C/C=C\C/C=C\CCCCCCCC(=O)OC(COC(=O)CCCCCCC/C=C\CCCC)COC(=O)CCCCCCCCCCCCCCCCCCCCCCC. The smallest absolute Gasteiger partial charge is 0.306 e. The molecule has 0 fully saturated rings. The van der Waals surface area contributed by atoms with Gasteiger partial charge < -0.3 is 14.2 Å². The van der Waals surface area contributed by atoms with Crippen LogP contribution in [0.5, 0.6) is 0 Å². The first kappa shape index (κ1) is 62.4. The molecule has 0 amide bonds. The summed E-state index contributed by atoms with van der Waals surface area (Å²) in [4.78, 5) is 38.0. The van der Waals surface area contributed by atoms with Crippen molar-refractivity contribution in [3.8, 4) is 0 Å². The average Bonchev–Trinajstić information content (AvgIpc) is 3.30. The number of hydrogen-bond acceptors (Lipinski definition) is 6. The molecule has 0 aliphatic heterocycles. The average molecular weight is 911 g/mol. The highest BCUT2D eigenvalue weighted by Crippen LogP contribution is 2.16. The Labute approximate surface area is 403 Å². The number of carbonyl (C=O) groups is 3. The first-order chi connectivity index (χ1) is 32.0. The van der Waals surface area contributed by atoms with Gasteiger partial charge in [-0.05, 0) is 70.6 Å². The maximum atomic E-state index is 12.8. The number of carbonyl (C=O) groups excluding carboxylic acids is 3. The second kappa shape index (κ2) is 54.0. The summed E-state index contributed by atoms with van der Waals surface area (Å²) in [5.74, 6) is -0.896. The van der Waals surface area contributed by atoms with Gasteiger partial charge in [-0.25, -0.2) is 0 Å². The zero-order valence-corrected chi connectivity index (χ0v) is 43.3. The topological polar surface area (TPSA) is 78.9 Å². The van der Waals surface area contributed by atoms with Gasteiger partial charge in [0.25, 0.3) is 0 Å². The van der Waals surface area contributed by atoms with E-state index in [-0.39, 0.29) is 31.1 Å². The molecular formula is C59H106O6. The van der Waals surface area contributed by atoms with Gasteiger partial charge in [0.15, 0.2) is 6.10 Å². The molecule has 0 aromatic rings. The van der Waals surface area contributed by atoms with Crippen LogP contribution in [-0.2, 0) is 28.6 Å². The fourth-order valence-electron chi connectivity index (χ4n) is 8.09. The Bertz CT molecular complexity index is 1140. The molecule has 1 unspecified atom stereocenters. The summed E-state index contributed by atoms with van der Waals surface area (Å²) < 4.78 is 16.8. The Hall–Kier alpha value is -2.63. The molecule has 0 heterocycles. The van der Waals surface area contributed by atoms with Crippen LogP contribution >= 0.6 is 0 Å². The minimum atomic E-state index is -0.782. The van der Waals surface area contributed by atoms with Gasteiger partial charge in [-0.2, -0.15) is 0 Å². The van der Waals surface area contributed by atoms with Gasteiger partial charge >= 0.3 is 17.9 Å². The minimum Gasteiger partial charge on any atom is -0.462 e. The van der Waals surface area contributed by atoms with Gasteiger partial charge in [-0.1, -0.05) is 249 Å². The predicted octanol–water partition coefficient (Wildman–Crippen LogP) is 18.7. The zero-order chi connectivity index (χ0) is 47.2. The Morgan fingerprint density at radius 1 is 0.323 bits per heavy atom. The molecule has 0 rings (SSSR count). The summed E-state index contributed by atoms with van der Waals surface area (Å²) in [6.45, 7) is 6.50. The fraction of sp³-hybridized carbons (Fsp3) is 0.814. The summed E-state index contributed by atoms with van der Waals surface area (Å²) in [5, 5.41) is 0. The van der Waals surface area contributed by atoms with E-state index >= 15 is 0 Å². The molecule has 0 bridgehead atoms. The van der Waals surface area contributed by atoms with Crippen molar-refractivity contribution in [2.45, 2.75) is 297 Å². The molecule has 0 saturated carbocycles. The van der Waals surface area contributed by atoms with Crippen LogP contribution in [0, 0.1) is 0 Å². The maximum absolute atomic E-state index is 12.8. The third-order valence-corrected chi connectivity index (χ3v) is 12.3. The van der Waals surface area contributed by atoms with Crippen molar-refractivity contribution < 1.29 is 28.6 Å². The summed E-state index contributed by atoms with van der Waals surface area (Å²) in [6.07, 6.45) is 65.4. The van der Waals surface area contributed by atoms with Gasteiger partial charge in [-0.3, -0.25) is 14.4 Å². The highest BCUT2D eigenvalue weighted by molar-refractivity contribution is 5.71. The van der Waals surface area contributed by atoms with Crippen molar-refractivity contribution in [2.24, 2.45) is 0 Å². The van der Waals surface area contributed by atoms with Crippen molar-refractivity contribution in [1.29, 1.82) is 0 Å². The quantitative estimate of drug-likeness (QED) is 0.0262. The zero-order valence-electron chi connectivity index (χ0n) is 43.3. The molecular weight excluding hydrogens is 805 g/mol. The third kappa shape index (κ3) is 52.2. The normalized spacial score (nSPS) is 12.4. The molecule has 0 aromatic carbocycles. The predicted molar refractivity (Wildman–Crippen MR) is 279 cm³/mol. The molecule has 0 aliphatic rings. The summed E-state index contributed by atoms with van der Waals surface area (Å²) in [6, 6.07) is 0. The standard InChI is InChI=1S/C59H106O6/c1-4-7-10-13-16-19-22-24-26-27-28-29-30-31-33-34-37-40-43-46-49-52-58(61)64-55-56(54-63-57(60)51-48-45-42-39-36-21-18-15-12-9-6-3)65-59(62)53-50-47-44-41-38-35-32-25-23-20-17-14-11-8-5-2/h8,11,15,17-18,20,25,32,56H,4-7,9-10,12-14,16,19,21-24,26-31,33-55H2,1-3H3/b11-8-,18-15-,20-17-,32-25-. The fourth-order valence-corrected chi connectivity index (χ4v) is 8.09. The van der Waals surface area contributed by atoms with E-state index in [1.54, 1.807) is 0 Å². The second-order valence-electron chi connectivity index (χ2n) is 18.8. The molecule has 0 radical (unpaired) electrons. The van der Waals surface area contributed by atoms with Crippen LogP contribution in [0.4, 0.5) is 0 Å². The van der Waals surface area contributed by atoms with Gasteiger partial charge in [0.2, 0.25) is 0 Å². The molecule has 0 saturated heterocycles. The van der Waals surface area contributed by atoms with Gasteiger partial charge in [0, 0.05) is 19.3 Å². The van der Waals surface area contributed by atoms with Crippen LogP contribution in [0.15, 0.2) is 48.6 Å². The molecule has 1 atom stereocenters. The number of allylic oxidation sites excluding steroid dienone is 8. The first-order valence-electron chi connectivity index (χ1n) is 28.1. The van der Waals surface area contributed by atoms with Crippen molar-refractivity contribution in [1.82, 2.24) is 0 Å². The number of ether oxygens (including phenoxy) is 3. The Kier molecular flexibility index (Phi) is 51.8. The monoisotopic (exact) mass is 911 g/mol. The van der Waals surface area contributed by atoms with E-state index in [4.69, 9.17) is 14.2 Å². The lowest BCUT2D eigenvalue weighted by molar-refractivity contribution is -0.167. The molecule has 0 N–H and O–H groups in total. The molecule has 65 heavy (non-hydrogen) atoms. The Morgan fingerprint density at radius 2 is 0.615 bits per heavy atom. The van der Waals surface area contributed by atoms with E-state index in [1.807, 2.05) is 0 Å². The summed E-state index contributed by atoms with van der Waals surface area (Å²) in [5.41, 5.74) is 0. The number of rotatable bonds is 51. The Morgan fingerprint density at radius 3 is 1.00 bits per heavy atom. The van der Waals surface area contributed by atoms with Gasteiger partial charge in [-0.15, -0.1) is 0 Å². The molecule has 0 spiro atoms. The van der Waals surface area contributed by atoms with Gasteiger partial charge in [0.05, 0.1) is 0 Å². The van der Waals surface area contributed by atoms with Crippen molar-refractivity contribution >= 4 is 17.9 Å². The molecule has 6 heteroatoms. The second-order valence-corrected chi connectivity index (χ2v) is 18.8. The minimum absolute atomic E-state index is 0.0801. The summed E-state index contributed by atoms with van der Waals surface area (Å²) in [7, 11) is 0. The van der Waals surface area contributed by atoms with Crippen LogP contribution in [0.3, 0.4) is 0 Å². The number of hydrogen-bond donors (Lipinski definition) is 0. The molecule has 0 aromatic heterocycles. The van der Waals surface area contributed by atoms with Crippen molar-refractivity contribution in [3.05, 3.63) is 48.6 Å². The highest BCUT2D eigenvalue weighted by Gasteiger charge is 2.19.